The number of carbonyl (C=O) groups is 2. The van der Waals surface area contributed by atoms with Gasteiger partial charge in [-0.1, -0.05) is 0 Å². The van der Waals surface area contributed by atoms with Gasteiger partial charge in [-0.3, -0.25) is 14.8 Å². The van der Waals surface area contributed by atoms with Crippen molar-refractivity contribution in [1.82, 2.24) is 24.5 Å². The molecule has 0 aliphatic heterocycles. The molecule has 0 bridgehead atoms. The van der Waals surface area contributed by atoms with E-state index >= 15 is 0 Å². The van der Waals surface area contributed by atoms with Crippen LogP contribution in [0.2, 0.25) is 0 Å². The molecule has 206 valence electrons. The van der Waals surface area contributed by atoms with Gasteiger partial charge in [-0.15, -0.1) is 0 Å². The number of halogens is 1. The van der Waals surface area contributed by atoms with E-state index in [0.29, 0.717) is 27.7 Å². The molecule has 2 aromatic carbocycles. The lowest BCUT2D eigenvalue weighted by atomic mass is 10.1. The van der Waals surface area contributed by atoms with Crippen molar-refractivity contribution >= 4 is 39.7 Å². The van der Waals surface area contributed by atoms with E-state index in [2.05, 4.69) is 20.5 Å². The van der Waals surface area contributed by atoms with Crippen LogP contribution in [0.5, 0.6) is 5.75 Å². The van der Waals surface area contributed by atoms with E-state index in [4.69, 9.17) is 9.47 Å². The number of aliphatic carboxylic acids is 1. The standard InChI is InChI=1S/C28H27FN6O5/c1-16(20-13-22-18(14-31-35(22)15-25(36)37)11-23(20)34-9-5-8-30-34)39-24-12-17-10-19(29)6-7-21(17)32-26(24)33-27(38)40-28(2,3)4/h5-14,16H,15H2,1-4H3,(H,36,37)(H,32,33,38). The predicted octanol–water partition coefficient (Wildman–Crippen LogP) is 5.48. The van der Waals surface area contributed by atoms with Crippen molar-refractivity contribution in [2.24, 2.45) is 0 Å². The Kier molecular flexibility index (Phi) is 6.84. The highest BCUT2D eigenvalue weighted by atomic mass is 19.1. The Bertz CT molecular complexity index is 1730. The summed E-state index contributed by atoms with van der Waals surface area (Å²) >= 11 is 0. The SMILES string of the molecule is CC(Oc1cc2cc(F)ccc2nc1NC(=O)OC(C)(C)C)c1cc2c(cnn2CC(=O)O)cc1-n1cccn1. The number of fused-ring (bicyclic) bond motifs is 2. The lowest BCUT2D eigenvalue weighted by Gasteiger charge is -2.22. The molecule has 0 aliphatic rings. The summed E-state index contributed by atoms with van der Waals surface area (Å²) in [5.74, 6) is -1.20. The van der Waals surface area contributed by atoms with Crippen LogP contribution in [0.25, 0.3) is 27.5 Å². The summed E-state index contributed by atoms with van der Waals surface area (Å²) in [5.41, 5.74) is 1.64. The van der Waals surface area contributed by atoms with Gasteiger partial charge in [-0.25, -0.2) is 18.9 Å². The van der Waals surface area contributed by atoms with Gasteiger partial charge >= 0.3 is 12.1 Å². The van der Waals surface area contributed by atoms with Crippen LogP contribution < -0.4 is 10.1 Å². The largest absolute Gasteiger partial charge is 0.482 e. The maximum Gasteiger partial charge on any atom is 0.413 e. The molecule has 0 aliphatic carbocycles. The second-order valence-electron chi connectivity index (χ2n) is 10.2. The first-order valence-corrected chi connectivity index (χ1v) is 12.4. The number of carbonyl (C=O) groups excluding carboxylic acids is 1. The second kappa shape index (κ2) is 10.3. The summed E-state index contributed by atoms with van der Waals surface area (Å²) in [5, 5.41) is 21.7. The van der Waals surface area contributed by atoms with Crippen molar-refractivity contribution in [1.29, 1.82) is 0 Å². The number of nitrogens with one attached hydrogen (secondary N) is 1. The number of aromatic nitrogens is 5. The third-order valence-corrected chi connectivity index (χ3v) is 5.93. The first kappa shape index (κ1) is 26.6. The molecule has 3 heterocycles. The summed E-state index contributed by atoms with van der Waals surface area (Å²) in [6, 6.07) is 11.1. The van der Waals surface area contributed by atoms with E-state index in [1.165, 1.54) is 22.9 Å². The lowest BCUT2D eigenvalue weighted by Crippen LogP contribution is -2.27. The molecule has 0 spiro atoms. The number of amides is 1. The first-order valence-electron chi connectivity index (χ1n) is 12.4. The maximum atomic E-state index is 14.0. The molecule has 2 N–H and O–H groups in total. The van der Waals surface area contributed by atoms with Crippen molar-refractivity contribution in [2.45, 2.75) is 45.9 Å². The fourth-order valence-corrected chi connectivity index (χ4v) is 4.28. The Labute approximate surface area is 228 Å². The van der Waals surface area contributed by atoms with E-state index in [1.54, 1.807) is 69.2 Å². The van der Waals surface area contributed by atoms with Gasteiger partial charge in [0.2, 0.25) is 0 Å². The van der Waals surface area contributed by atoms with Crippen molar-refractivity contribution in [2.75, 3.05) is 5.32 Å². The van der Waals surface area contributed by atoms with Crippen LogP contribution in [0.4, 0.5) is 15.0 Å². The molecular formula is C28H27FN6O5. The lowest BCUT2D eigenvalue weighted by molar-refractivity contribution is -0.137. The summed E-state index contributed by atoms with van der Waals surface area (Å²) in [4.78, 5) is 28.5. The van der Waals surface area contributed by atoms with Crippen LogP contribution in [0.15, 0.2) is 61.1 Å². The van der Waals surface area contributed by atoms with E-state index < -0.39 is 29.6 Å². The number of pyridine rings is 1. The number of hydrogen-bond acceptors (Lipinski definition) is 7. The third kappa shape index (κ3) is 5.70. The summed E-state index contributed by atoms with van der Waals surface area (Å²) in [7, 11) is 0. The van der Waals surface area contributed by atoms with E-state index in [0.717, 1.165) is 5.39 Å². The number of benzene rings is 2. The van der Waals surface area contributed by atoms with Gasteiger partial charge in [0, 0.05) is 28.7 Å². The number of rotatable bonds is 7. The topological polar surface area (TPSA) is 133 Å². The van der Waals surface area contributed by atoms with Gasteiger partial charge in [-0.2, -0.15) is 10.2 Å². The van der Waals surface area contributed by atoms with Crippen molar-refractivity contribution in [3.05, 3.63) is 72.4 Å². The molecule has 3 aromatic heterocycles. The molecule has 1 atom stereocenters. The van der Waals surface area contributed by atoms with Crippen molar-refractivity contribution in [3.8, 4) is 11.4 Å². The van der Waals surface area contributed by atoms with Gasteiger partial charge < -0.3 is 14.6 Å². The Morgan fingerprint density at radius 1 is 1.12 bits per heavy atom. The van der Waals surface area contributed by atoms with Crippen molar-refractivity contribution in [3.63, 3.8) is 0 Å². The predicted molar refractivity (Wildman–Crippen MR) is 145 cm³/mol. The van der Waals surface area contributed by atoms with Gasteiger partial charge in [0.05, 0.1) is 22.9 Å². The number of anilines is 1. The van der Waals surface area contributed by atoms with Crippen LogP contribution in [-0.2, 0) is 16.1 Å². The molecule has 0 saturated carbocycles. The first-order chi connectivity index (χ1) is 19.0. The number of carboxylic acid groups (broad SMARTS) is 1. The Morgan fingerprint density at radius 2 is 1.93 bits per heavy atom. The highest BCUT2D eigenvalue weighted by Crippen LogP contribution is 2.35. The van der Waals surface area contributed by atoms with Gasteiger partial charge in [0.25, 0.3) is 0 Å². The van der Waals surface area contributed by atoms with Gasteiger partial charge in [0.1, 0.15) is 24.1 Å². The van der Waals surface area contributed by atoms with Crippen LogP contribution >= 0.6 is 0 Å². The molecule has 11 nitrogen and oxygen atoms in total. The Hall–Kier alpha value is -5.00. The number of nitrogens with zero attached hydrogens (tertiary/aromatic N) is 5. The zero-order chi connectivity index (χ0) is 28.6. The molecule has 5 rings (SSSR count). The van der Waals surface area contributed by atoms with Gasteiger partial charge in [0.15, 0.2) is 11.6 Å². The molecule has 40 heavy (non-hydrogen) atoms. The summed E-state index contributed by atoms with van der Waals surface area (Å²) in [6.07, 6.45) is 3.61. The minimum absolute atomic E-state index is 0.0952. The Balaban J connectivity index is 1.59. The fraction of sp³-hybridized carbons (Fsp3) is 0.250. The third-order valence-electron chi connectivity index (χ3n) is 5.93. The fourth-order valence-electron chi connectivity index (χ4n) is 4.28. The van der Waals surface area contributed by atoms with Crippen LogP contribution in [0.3, 0.4) is 0 Å². The molecule has 1 amide bonds. The smallest absolute Gasteiger partial charge is 0.413 e. The average molecular weight is 547 g/mol. The maximum absolute atomic E-state index is 14.0. The monoisotopic (exact) mass is 546 g/mol. The van der Waals surface area contributed by atoms with Crippen molar-refractivity contribution < 1.29 is 28.6 Å². The quantitative estimate of drug-likeness (QED) is 0.274. The zero-order valence-corrected chi connectivity index (χ0v) is 22.3. The molecule has 1 unspecified atom stereocenters. The number of hydrogen-bond donors (Lipinski definition) is 2. The van der Waals surface area contributed by atoms with E-state index in [-0.39, 0.29) is 18.1 Å². The highest BCUT2D eigenvalue weighted by Gasteiger charge is 2.23. The minimum atomic E-state index is -1.03. The molecule has 12 heteroatoms. The zero-order valence-electron chi connectivity index (χ0n) is 22.3. The highest BCUT2D eigenvalue weighted by molar-refractivity contribution is 5.90. The number of carboxylic acids is 1. The van der Waals surface area contributed by atoms with E-state index in [9.17, 15) is 19.1 Å². The molecule has 0 fully saturated rings. The Morgan fingerprint density at radius 3 is 2.62 bits per heavy atom. The van der Waals surface area contributed by atoms with Gasteiger partial charge in [-0.05, 0) is 70.2 Å². The van der Waals surface area contributed by atoms with E-state index in [1.807, 2.05) is 6.07 Å². The van der Waals surface area contributed by atoms with Crippen LogP contribution in [0.1, 0.15) is 39.4 Å². The molecular weight excluding hydrogens is 519 g/mol. The summed E-state index contributed by atoms with van der Waals surface area (Å²) < 4.78 is 28.8. The summed E-state index contributed by atoms with van der Waals surface area (Å²) in [6.45, 7) is 6.70. The average Bonchev–Trinajstić information content (AvgIpc) is 3.52. The molecule has 0 saturated heterocycles. The number of ether oxygens (including phenoxy) is 2. The second-order valence-corrected chi connectivity index (χ2v) is 10.2. The van der Waals surface area contributed by atoms with Crippen LogP contribution in [0, 0.1) is 5.82 Å². The van der Waals surface area contributed by atoms with Crippen LogP contribution in [-0.4, -0.2) is 47.3 Å². The normalized spacial score (nSPS) is 12.4. The minimum Gasteiger partial charge on any atom is -0.482 e. The molecule has 5 aromatic rings. The molecule has 0 radical (unpaired) electrons.